The molecule has 12 heavy (non-hydrogen) atoms. The Bertz CT molecular complexity index is 298. The van der Waals surface area contributed by atoms with E-state index in [0.29, 0.717) is 5.69 Å². The van der Waals surface area contributed by atoms with Gasteiger partial charge in [0.1, 0.15) is 11.7 Å². The Kier molecular flexibility index (Phi) is 2.56. The Morgan fingerprint density at radius 1 is 1.92 bits per heavy atom. The number of nitrogens with zero attached hydrogens (tertiary/aromatic N) is 2. The largest absolute Gasteiger partial charge is 0.342 e. The van der Waals surface area contributed by atoms with E-state index in [1.165, 1.54) is 12.5 Å². The minimum Gasteiger partial charge on any atom is -0.342 e. The van der Waals surface area contributed by atoms with E-state index < -0.39 is 6.04 Å². The monoisotopic (exact) mass is 164 g/mol. The number of nitriles is 1. The Hall–Kier alpha value is -1.67. The van der Waals surface area contributed by atoms with Crippen LogP contribution in [0.2, 0.25) is 0 Å². The molecule has 0 aliphatic heterocycles. The maximum absolute atomic E-state index is 11.2. The van der Waals surface area contributed by atoms with Crippen LogP contribution in [0.3, 0.4) is 0 Å². The zero-order chi connectivity index (χ0) is 8.97. The molecule has 1 heterocycles. The van der Waals surface area contributed by atoms with Crippen molar-refractivity contribution in [3.8, 4) is 6.07 Å². The highest BCUT2D eigenvalue weighted by Gasteiger charge is 2.11. The molecular formula is C7H8N4O. The lowest BCUT2D eigenvalue weighted by Crippen LogP contribution is -2.21. The first-order chi connectivity index (χ1) is 5.74. The smallest absolute Gasteiger partial charge is 0.183 e. The van der Waals surface area contributed by atoms with Crippen LogP contribution in [0.4, 0.5) is 0 Å². The van der Waals surface area contributed by atoms with Crippen molar-refractivity contribution < 1.29 is 4.79 Å². The van der Waals surface area contributed by atoms with Crippen LogP contribution < -0.4 is 5.73 Å². The van der Waals surface area contributed by atoms with Gasteiger partial charge >= 0.3 is 0 Å². The van der Waals surface area contributed by atoms with Gasteiger partial charge in [0, 0.05) is 6.42 Å². The second kappa shape index (κ2) is 3.64. The van der Waals surface area contributed by atoms with Crippen molar-refractivity contribution >= 4 is 5.78 Å². The van der Waals surface area contributed by atoms with E-state index in [-0.39, 0.29) is 12.2 Å². The number of hydrogen-bond acceptors (Lipinski definition) is 4. The first-order valence-corrected chi connectivity index (χ1v) is 3.41. The van der Waals surface area contributed by atoms with Gasteiger partial charge in [0.05, 0.1) is 18.6 Å². The SMILES string of the molecule is N#CC(N)CC(=O)c1cnc[nH]1. The van der Waals surface area contributed by atoms with Crippen LogP contribution in [-0.4, -0.2) is 21.8 Å². The van der Waals surface area contributed by atoms with Crippen LogP contribution in [0.25, 0.3) is 0 Å². The third-order valence-electron chi connectivity index (χ3n) is 1.37. The highest BCUT2D eigenvalue weighted by Crippen LogP contribution is 1.99. The maximum atomic E-state index is 11.2. The second-order valence-corrected chi connectivity index (χ2v) is 2.33. The number of ketones is 1. The molecule has 1 unspecified atom stereocenters. The summed E-state index contributed by atoms with van der Waals surface area (Å²) in [5, 5.41) is 8.33. The lowest BCUT2D eigenvalue weighted by Gasteiger charge is -1.98. The summed E-state index contributed by atoms with van der Waals surface area (Å²) in [6, 6.07) is 1.05. The van der Waals surface area contributed by atoms with Crippen molar-refractivity contribution in [1.82, 2.24) is 9.97 Å². The van der Waals surface area contributed by atoms with E-state index in [1.54, 1.807) is 6.07 Å². The van der Waals surface area contributed by atoms with Crippen LogP contribution in [-0.2, 0) is 0 Å². The molecule has 1 rings (SSSR count). The van der Waals surface area contributed by atoms with Crippen molar-refractivity contribution in [2.24, 2.45) is 5.73 Å². The molecule has 1 aromatic heterocycles. The van der Waals surface area contributed by atoms with Gasteiger partial charge in [-0.05, 0) is 0 Å². The van der Waals surface area contributed by atoms with Gasteiger partial charge in [0.15, 0.2) is 5.78 Å². The molecule has 5 nitrogen and oxygen atoms in total. The second-order valence-electron chi connectivity index (χ2n) is 2.33. The van der Waals surface area contributed by atoms with Gasteiger partial charge in [-0.25, -0.2) is 4.98 Å². The minimum absolute atomic E-state index is 0.0265. The Morgan fingerprint density at radius 3 is 3.17 bits per heavy atom. The number of nitrogens with one attached hydrogen (secondary N) is 1. The van der Waals surface area contributed by atoms with Gasteiger partial charge in [0.25, 0.3) is 0 Å². The number of aromatic nitrogens is 2. The van der Waals surface area contributed by atoms with Gasteiger partial charge in [-0.3, -0.25) is 4.79 Å². The summed E-state index contributed by atoms with van der Waals surface area (Å²) >= 11 is 0. The summed E-state index contributed by atoms with van der Waals surface area (Å²) in [4.78, 5) is 17.5. The fourth-order valence-corrected chi connectivity index (χ4v) is 0.764. The van der Waals surface area contributed by atoms with Gasteiger partial charge < -0.3 is 10.7 Å². The highest BCUT2D eigenvalue weighted by atomic mass is 16.1. The number of rotatable bonds is 3. The summed E-state index contributed by atoms with van der Waals surface area (Å²) in [7, 11) is 0. The fraction of sp³-hybridized carbons (Fsp3) is 0.286. The van der Waals surface area contributed by atoms with E-state index >= 15 is 0 Å². The molecule has 0 fully saturated rings. The molecule has 5 heteroatoms. The molecule has 0 bridgehead atoms. The van der Waals surface area contributed by atoms with Gasteiger partial charge in [-0.15, -0.1) is 0 Å². The average Bonchev–Trinajstić information content (AvgIpc) is 2.56. The van der Waals surface area contributed by atoms with E-state index in [1.807, 2.05) is 0 Å². The van der Waals surface area contributed by atoms with Crippen molar-refractivity contribution in [3.63, 3.8) is 0 Å². The molecular weight excluding hydrogens is 156 g/mol. The first-order valence-electron chi connectivity index (χ1n) is 3.41. The lowest BCUT2D eigenvalue weighted by molar-refractivity contribution is 0.0975. The number of H-pyrrole nitrogens is 1. The highest BCUT2D eigenvalue weighted by molar-refractivity contribution is 5.94. The van der Waals surface area contributed by atoms with Gasteiger partial charge in [-0.1, -0.05) is 0 Å². The van der Waals surface area contributed by atoms with Crippen LogP contribution >= 0.6 is 0 Å². The van der Waals surface area contributed by atoms with Crippen molar-refractivity contribution in [2.45, 2.75) is 12.5 Å². The number of imidazole rings is 1. The average molecular weight is 164 g/mol. The summed E-state index contributed by atoms with van der Waals surface area (Å²) in [5.74, 6) is -0.193. The van der Waals surface area contributed by atoms with Gasteiger partial charge in [-0.2, -0.15) is 5.26 Å². The van der Waals surface area contributed by atoms with Gasteiger partial charge in [0.2, 0.25) is 0 Å². The molecule has 3 N–H and O–H groups in total. The molecule has 0 amide bonds. The van der Waals surface area contributed by atoms with Crippen LogP contribution in [0.5, 0.6) is 0 Å². The number of nitrogens with two attached hydrogens (primary N) is 1. The molecule has 1 atom stereocenters. The van der Waals surface area contributed by atoms with E-state index in [2.05, 4.69) is 9.97 Å². The molecule has 0 aliphatic carbocycles. The van der Waals surface area contributed by atoms with Crippen LogP contribution in [0.1, 0.15) is 16.9 Å². The predicted octanol–water partition coefficient (Wildman–Crippen LogP) is -0.167. The Labute approximate surface area is 69.2 Å². The third-order valence-corrected chi connectivity index (χ3v) is 1.37. The Balaban J connectivity index is 2.57. The predicted molar refractivity (Wildman–Crippen MR) is 41.1 cm³/mol. The van der Waals surface area contributed by atoms with Crippen molar-refractivity contribution in [1.29, 1.82) is 5.26 Å². The summed E-state index contributed by atoms with van der Waals surface area (Å²) in [6.45, 7) is 0. The standard InChI is InChI=1S/C7H8N4O/c8-2-5(9)1-7(12)6-3-10-4-11-6/h3-5H,1,9H2,(H,10,11). The number of carbonyl (C=O) groups excluding carboxylic acids is 1. The molecule has 0 aromatic carbocycles. The molecule has 0 saturated heterocycles. The summed E-state index contributed by atoms with van der Waals surface area (Å²) in [6.07, 6.45) is 2.84. The molecule has 0 radical (unpaired) electrons. The zero-order valence-corrected chi connectivity index (χ0v) is 6.32. The number of carbonyl (C=O) groups is 1. The maximum Gasteiger partial charge on any atom is 0.183 e. The number of aromatic amines is 1. The number of Topliss-reactive ketones (excluding diaryl/α,β-unsaturated/α-hetero) is 1. The molecule has 62 valence electrons. The molecule has 0 saturated carbocycles. The first kappa shape index (κ1) is 8.43. The summed E-state index contributed by atoms with van der Waals surface area (Å²) in [5.41, 5.74) is 5.65. The molecule has 0 spiro atoms. The van der Waals surface area contributed by atoms with E-state index in [0.717, 1.165) is 0 Å². The summed E-state index contributed by atoms with van der Waals surface area (Å²) < 4.78 is 0. The lowest BCUT2D eigenvalue weighted by atomic mass is 10.1. The topological polar surface area (TPSA) is 95.6 Å². The minimum atomic E-state index is -0.735. The van der Waals surface area contributed by atoms with Crippen LogP contribution in [0, 0.1) is 11.3 Å². The zero-order valence-electron chi connectivity index (χ0n) is 6.32. The van der Waals surface area contributed by atoms with E-state index in [9.17, 15) is 4.79 Å². The fourth-order valence-electron chi connectivity index (χ4n) is 0.764. The van der Waals surface area contributed by atoms with E-state index in [4.69, 9.17) is 11.0 Å². The molecule has 1 aromatic rings. The molecule has 0 aliphatic rings. The quantitative estimate of drug-likeness (QED) is 0.606. The normalized spacial score (nSPS) is 12.0. The number of hydrogen-bond donors (Lipinski definition) is 2. The van der Waals surface area contributed by atoms with Crippen molar-refractivity contribution in [2.75, 3.05) is 0 Å². The Morgan fingerprint density at radius 2 is 2.67 bits per heavy atom. The van der Waals surface area contributed by atoms with Crippen molar-refractivity contribution in [3.05, 3.63) is 18.2 Å². The van der Waals surface area contributed by atoms with Crippen LogP contribution in [0.15, 0.2) is 12.5 Å². The third kappa shape index (κ3) is 1.90.